The number of aryl methyl sites for hydroxylation is 1. The molecule has 0 amide bonds. The lowest BCUT2D eigenvalue weighted by Gasteiger charge is -2.28. The number of nitrogens with zero attached hydrogens (tertiary/aromatic N) is 2. The van der Waals surface area contributed by atoms with E-state index in [1.54, 1.807) is 12.1 Å². The second-order valence-corrected chi connectivity index (χ2v) is 14.0. The molecular weight excluding hydrogens is 624 g/mol. The molecule has 51 heavy (non-hydrogen) atoms. The van der Waals surface area contributed by atoms with Crippen LogP contribution in [-0.4, -0.2) is 4.57 Å². The van der Waals surface area contributed by atoms with Crippen LogP contribution in [0.1, 0.15) is 25.0 Å². The Balaban J connectivity index is 1.19. The van der Waals surface area contributed by atoms with Gasteiger partial charge >= 0.3 is 0 Å². The number of aromatic nitrogens is 1. The Bertz CT molecular complexity index is 2560. The van der Waals surface area contributed by atoms with Gasteiger partial charge in [0.25, 0.3) is 0 Å². The molecule has 0 fully saturated rings. The largest absolute Gasteiger partial charge is 0.343 e. The quantitative estimate of drug-likeness (QED) is 0.172. The number of rotatable bonds is 6. The molecule has 0 N–H and O–H groups in total. The summed E-state index contributed by atoms with van der Waals surface area (Å²) in [7, 11) is 2.06. The number of hydrogen-bond donors (Lipinski definition) is 0. The lowest BCUT2D eigenvalue weighted by Crippen LogP contribution is -2.16. The summed E-state index contributed by atoms with van der Waals surface area (Å²) in [4.78, 5) is 2.36. The number of hydrogen-bond acceptors (Lipinski definition) is 1. The number of fused-ring (bicyclic) bond motifs is 4. The summed E-state index contributed by atoms with van der Waals surface area (Å²) in [6.45, 7) is 4.66. The molecule has 0 saturated heterocycles. The van der Waals surface area contributed by atoms with E-state index < -0.39 is 0 Å². The summed E-state index contributed by atoms with van der Waals surface area (Å²) in [5, 5.41) is 1.14. The van der Waals surface area contributed by atoms with Crippen molar-refractivity contribution in [2.75, 3.05) is 4.90 Å². The fraction of sp³-hybridized carbons (Fsp3) is 0.0833. The molecule has 1 heterocycles. The van der Waals surface area contributed by atoms with Crippen LogP contribution in [-0.2, 0) is 12.5 Å². The van der Waals surface area contributed by atoms with Crippen molar-refractivity contribution in [1.29, 1.82) is 0 Å². The molecule has 0 spiro atoms. The Morgan fingerprint density at radius 3 is 1.82 bits per heavy atom. The van der Waals surface area contributed by atoms with Crippen LogP contribution in [0.15, 0.2) is 170 Å². The minimum absolute atomic E-state index is 0.115. The highest BCUT2D eigenvalue weighted by molar-refractivity contribution is 6.04. The molecule has 7 aromatic carbocycles. The van der Waals surface area contributed by atoms with Crippen LogP contribution in [0.2, 0.25) is 0 Å². The van der Waals surface area contributed by atoms with Crippen LogP contribution >= 0.6 is 0 Å². The third-order valence-electron chi connectivity index (χ3n) is 10.7. The van der Waals surface area contributed by atoms with E-state index >= 15 is 0 Å². The average molecular weight is 661 g/mol. The van der Waals surface area contributed by atoms with Crippen LogP contribution in [0.25, 0.3) is 55.5 Å². The third kappa shape index (κ3) is 5.08. The van der Waals surface area contributed by atoms with E-state index in [9.17, 15) is 4.39 Å². The van der Waals surface area contributed by atoms with Gasteiger partial charge in [0.05, 0.1) is 5.69 Å². The van der Waals surface area contributed by atoms with E-state index in [-0.39, 0.29) is 11.2 Å². The van der Waals surface area contributed by atoms with Crippen molar-refractivity contribution in [2.24, 2.45) is 7.05 Å². The van der Waals surface area contributed by atoms with Crippen molar-refractivity contribution >= 4 is 28.0 Å². The second-order valence-electron chi connectivity index (χ2n) is 14.0. The third-order valence-corrected chi connectivity index (χ3v) is 10.7. The maximum atomic E-state index is 14.6. The van der Waals surface area contributed by atoms with Crippen molar-refractivity contribution in [3.8, 4) is 44.6 Å². The van der Waals surface area contributed by atoms with Crippen LogP contribution in [0.3, 0.4) is 0 Å². The molecule has 0 unspecified atom stereocenters. The van der Waals surface area contributed by atoms with Crippen LogP contribution in [0.4, 0.5) is 21.5 Å². The van der Waals surface area contributed by atoms with Gasteiger partial charge in [0.1, 0.15) is 5.82 Å². The summed E-state index contributed by atoms with van der Waals surface area (Å²) < 4.78 is 16.7. The fourth-order valence-electron chi connectivity index (χ4n) is 8.15. The van der Waals surface area contributed by atoms with Gasteiger partial charge in [0.2, 0.25) is 0 Å². The van der Waals surface area contributed by atoms with Gasteiger partial charge in [0, 0.05) is 51.6 Å². The lowest BCUT2D eigenvalue weighted by atomic mass is 9.82. The standard InChI is InChI=1S/C48H37FN2/c1-48(2)43-18-9-7-16-40(43)41-29-28-39(31-44(41)48)51(37-24-20-33(21-25-37)32-12-5-4-6-13-32)38-26-22-34(23-27-38)46-42-17-8-10-19-45(42)50(3)47(46)35-14-11-15-36(49)30-35/h4-31H,1-3H3. The molecule has 1 aliphatic carbocycles. The highest BCUT2D eigenvalue weighted by atomic mass is 19.1. The van der Waals surface area contributed by atoms with Crippen LogP contribution in [0, 0.1) is 5.82 Å². The van der Waals surface area contributed by atoms with E-state index in [4.69, 9.17) is 0 Å². The second kappa shape index (κ2) is 12.0. The first-order valence-electron chi connectivity index (χ1n) is 17.5. The van der Waals surface area contributed by atoms with Crippen molar-refractivity contribution in [3.05, 3.63) is 187 Å². The topological polar surface area (TPSA) is 8.17 Å². The summed E-state index contributed by atoms with van der Waals surface area (Å²) in [5.74, 6) is -0.242. The zero-order valence-electron chi connectivity index (χ0n) is 28.9. The zero-order valence-corrected chi connectivity index (χ0v) is 28.9. The fourth-order valence-corrected chi connectivity index (χ4v) is 8.15. The molecular formula is C48H37FN2. The van der Waals surface area contributed by atoms with E-state index in [1.165, 1.54) is 39.4 Å². The van der Waals surface area contributed by atoms with E-state index in [0.29, 0.717) is 0 Å². The number of para-hydroxylation sites is 1. The van der Waals surface area contributed by atoms with Crippen LogP contribution < -0.4 is 4.90 Å². The summed E-state index contributed by atoms with van der Waals surface area (Å²) in [6.07, 6.45) is 0. The van der Waals surface area contributed by atoms with Crippen molar-refractivity contribution in [1.82, 2.24) is 4.57 Å². The SMILES string of the molecule is Cn1c(-c2cccc(F)c2)c(-c2ccc(N(c3ccc(-c4ccccc4)cc3)c3ccc4c(c3)C(C)(C)c3ccccc3-4)cc2)c2ccccc21. The van der Waals surface area contributed by atoms with Gasteiger partial charge in [-0.15, -0.1) is 0 Å². The van der Waals surface area contributed by atoms with Gasteiger partial charge in [-0.25, -0.2) is 4.39 Å². The number of anilines is 3. The number of halogens is 1. The molecule has 246 valence electrons. The minimum atomic E-state index is -0.242. The first-order chi connectivity index (χ1) is 24.9. The molecule has 8 aromatic rings. The Labute approximate surface area is 298 Å². The monoisotopic (exact) mass is 660 g/mol. The van der Waals surface area contributed by atoms with Gasteiger partial charge in [-0.05, 0) is 93.5 Å². The molecule has 0 saturated carbocycles. The molecule has 0 radical (unpaired) electrons. The molecule has 3 heteroatoms. The number of benzene rings is 7. The van der Waals surface area contributed by atoms with E-state index in [0.717, 1.165) is 50.3 Å². The van der Waals surface area contributed by atoms with E-state index in [2.05, 4.69) is 176 Å². The Morgan fingerprint density at radius 1 is 0.490 bits per heavy atom. The summed E-state index contributed by atoms with van der Waals surface area (Å²) in [6, 6.07) is 59.2. The minimum Gasteiger partial charge on any atom is -0.343 e. The molecule has 0 atom stereocenters. The highest BCUT2D eigenvalue weighted by Crippen LogP contribution is 2.51. The lowest BCUT2D eigenvalue weighted by molar-refractivity contribution is 0.628. The summed E-state index contributed by atoms with van der Waals surface area (Å²) in [5.41, 5.74) is 16.0. The Hall–Kier alpha value is -6.19. The van der Waals surface area contributed by atoms with Gasteiger partial charge in [0.15, 0.2) is 0 Å². The predicted octanol–water partition coefficient (Wildman–Crippen LogP) is 13.1. The molecule has 2 nitrogen and oxygen atoms in total. The first-order valence-corrected chi connectivity index (χ1v) is 17.5. The normalized spacial score (nSPS) is 12.9. The molecule has 0 aliphatic heterocycles. The van der Waals surface area contributed by atoms with Crippen LogP contribution in [0.5, 0.6) is 0 Å². The highest BCUT2D eigenvalue weighted by Gasteiger charge is 2.35. The van der Waals surface area contributed by atoms with E-state index in [1.807, 2.05) is 6.07 Å². The van der Waals surface area contributed by atoms with Crippen molar-refractivity contribution in [2.45, 2.75) is 19.3 Å². The Morgan fingerprint density at radius 2 is 1.08 bits per heavy atom. The molecule has 0 bridgehead atoms. The van der Waals surface area contributed by atoms with Crippen molar-refractivity contribution < 1.29 is 4.39 Å². The maximum Gasteiger partial charge on any atom is 0.123 e. The van der Waals surface area contributed by atoms with Gasteiger partial charge in [-0.3, -0.25) is 0 Å². The molecule has 1 aliphatic rings. The Kier molecular flexibility index (Phi) is 7.25. The van der Waals surface area contributed by atoms with Crippen molar-refractivity contribution in [3.63, 3.8) is 0 Å². The van der Waals surface area contributed by atoms with Gasteiger partial charge in [-0.1, -0.05) is 129 Å². The molecule has 9 rings (SSSR count). The summed E-state index contributed by atoms with van der Waals surface area (Å²) >= 11 is 0. The zero-order chi connectivity index (χ0) is 34.7. The predicted molar refractivity (Wildman–Crippen MR) is 211 cm³/mol. The van der Waals surface area contributed by atoms with Gasteiger partial charge < -0.3 is 9.47 Å². The van der Waals surface area contributed by atoms with Gasteiger partial charge in [-0.2, -0.15) is 0 Å². The molecule has 1 aromatic heterocycles. The first kappa shape index (κ1) is 30.8. The average Bonchev–Trinajstić information content (AvgIpc) is 3.59. The maximum absolute atomic E-state index is 14.6. The smallest absolute Gasteiger partial charge is 0.123 e.